The van der Waals surface area contributed by atoms with Crippen LogP contribution in [0.1, 0.15) is 37.8 Å². The first kappa shape index (κ1) is 23.1. The Morgan fingerprint density at radius 2 is 1.91 bits per heavy atom. The third-order valence-electron chi connectivity index (χ3n) is 6.32. The number of benzene rings is 2. The summed E-state index contributed by atoms with van der Waals surface area (Å²) >= 11 is 12.3. The van der Waals surface area contributed by atoms with Crippen molar-refractivity contribution in [3.05, 3.63) is 57.8 Å². The molecule has 4 rings (SSSR count). The maximum atomic E-state index is 14.6. The molecule has 32 heavy (non-hydrogen) atoms. The van der Waals surface area contributed by atoms with E-state index in [-0.39, 0.29) is 23.8 Å². The van der Waals surface area contributed by atoms with Gasteiger partial charge in [-0.2, -0.15) is 0 Å². The highest BCUT2D eigenvalue weighted by Gasteiger charge is 2.28. The van der Waals surface area contributed by atoms with Gasteiger partial charge < -0.3 is 20.4 Å². The lowest BCUT2D eigenvalue weighted by atomic mass is 10.0. The summed E-state index contributed by atoms with van der Waals surface area (Å²) in [4.78, 5) is 16.9. The first-order valence-corrected chi connectivity index (χ1v) is 12.0. The molecule has 2 unspecified atom stereocenters. The van der Waals surface area contributed by atoms with Gasteiger partial charge in [-0.3, -0.25) is 4.79 Å². The number of piperidine rings is 1. The average Bonchev–Trinajstić information content (AvgIpc) is 2.80. The lowest BCUT2D eigenvalue weighted by Gasteiger charge is -2.38. The molecule has 2 aliphatic heterocycles. The van der Waals surface area contributed by atoms with Gasteiger partial charge in [0, 0.05) is 41.9 Å². The monoisotopic (exact) mass is 478 g/mol. The van der Waals surface area contributed by atoms with Gasteiger partial charge in [0.05, 0.1) is 17.8 Å². The molecule has 5 nitrogen and oxygen atoms in total. The van der Waals surface area contributed by atoms with Gasteiger partial charge >= 0.3 is 0 Å². The van der Waals surface area contributed by atoms with Crippen molar-refractivity contribution in [3.63, 3.8) is 0 Å². The number of amides is 1. The van der Waals surface area contributed by atoms with Crippen molar-refractivity contribution >= 4 is 40.5 Å². The van der Waals surface area contributed by atoms with Crippen molar-refractivity contribution in [2.45, 2.75) is 38.3 Å². The zero-order valence-electron chi connectivity index (χ0n) is 18.2. The van der Waals surface area contributed by atoms with Gasteiger partial charge in [0.25, 0.3) is 0 Å². The largest absolute Gasteiger partial charge is 0.376 e. The highest BCUT2D eigenvalue weighted by Crippen LogP contribution is 2.31. The van der Waals surface area contributed by atoms with Gasteiger partial charge in [0.2, 0.25) is 5.91 Å². The van der Waals surface area contributed by atoms with E-state index >= 15 is 0 Å². The summed E-state index contributed by atoms with van der Waals surface area (Å²) in [6, 6.07) is 10.2. The van der Waals surface area contributed by atoms with E-state index in [1.807, 2.05) is 24.0 Å². The fourth-order valence-electron chi connectivity index (χ4n) is 4.45. The summed E-state index contributed by atoms with van der Waals surface area (Å²) < 4.78 is 14.6. The molecule has 2 N–H and O–H groups in total. The number of carbonyl (C=O) groups excluding carboxylic acids is 1. The lowest BCUT2D eigenvalue weighted by molar-refractivity contribution is -0.134. The van der Waals surface area contributed by atoms with Crippen LogP contribution in [0.2, 0.25) is 10.0 Å². The van der Waals surface area contributed by atoms with E-state index in [1.54, 1.807) is 18.2 Å². The third-order valence-corrected chi connectivity index (χ3v) is 6.88. The van der Waals surface area contributed by atoms with Gasteiger partial charge in [-0.25, -0.2) is 4.39 Å². The number of hydrogen-bond acceptors (Lipinski definition) is 4. The molecule has 0 bridgehead atoms. The van der Waals surface area contributed by atoms with Crippen molar-refractivity contribution < 1.29 is 9.18 Å². The van der Waals surface area contributed by atoms with Crippen LogP contribution in [0.15, 0.2) is 36.4 Å². The van der Waals surface area contributed by atoms with E-state index in [0.29, 0.717) is 28.8 Å². The summed E-state index contributed by atoms with van der Waals surface area (Å²) in [7, 11) is 0. The quantitative estimate of drug-likeness (QED) is 0.627. The summed E-state index contributed by atoms with van der Waals surface area (Å²) in [5, 5.41) is 7.68. The number of halogens is 3. The van der Waals surface area contributed by atoms with Crippen LogP contribution in [-0.2, 0) is 4.79 Å². The maximum Gasteiger partial charge on any atom is 0.239 e. The Kier molecular flexibility index (Phi) is 7.44. The van der Waals surface area contributed by atoms with Crippen molar-refractivity contribution in [2.24, 2.45) is 0 Å². The van der Waals surface area contributed by atoms with Crippen molar-refractivity contribution in [1.82, 2.24) is 10.2 Å². The number of anilines is 2. The molecule has 0 spiro atoms. The van der Waals surface area contributed by atoms with Gasteiger partial charge in [0.1, 0.15) is 5.82 Å². The van der Waals surface area contributed by atoms with E-state index in [1.165, 1.54) is 6.07 Å². The van der Waals surface area contributed by atoms with Gasteiger partial charge in [-0.1, -0.05) is 35.7 Å². The molecule has 2 aromatic rings. The molecule has 2 atom stereocenters. The van der Waals surface area contributed by atoms with Crippen molar-refractivity contribution in [2.75, 3.05) is 42.9 Å². The zero-order chi connectivity index (χ0) is 22.7. The van der Waals surface area contributed by atoms with Crippen LogP contribution >= 0.6 is 23.2 Å². The second kappa shape index (κ2) is 10.3. The number of nitrogens with one attached hydrogen (secondary N) is 2. The topological polar surface area (TPSA) is 47.6 Å². The number of rotatable bonds is 5. The van der Waals surface area contributed by atoms with Gasteiger partial charge in [0.15, 0.2) is 0 Å². The van der Waals surface area contributed by atoms with Crippen molar-refractivity contribution in [1.29, 1.82) is 0 Å². The van der Waals surface area contributed by atoms with E-state index in [0.717, 1.165) is 50.1 Å². The van der Waals surface area contributed by atoms with Crippen LogP contribution in [-0.4, -0.2) is 49.6 Å². The molecule has 1 amide bonds. The molecular weight excluding hydrogens is 450 g/mol. The van der Waals surface area contributed by atoms with Crippen LogP contribution in [0.3, 0.4) is 0 Å². The molecule has 2 saturated heterocycles. The predicted molar refractivity (Wildman–Crippen MR) is 129 cm³/mol. The highest BCUT2D eigenvalue weighted by atomic mass is 35.5. The van der Waals surface area contributed by atoms with Crippen molar-refractivity contribution in [3.8, 4) is 0 Å². The third kappa shape index (κ3) is 5.30. The number of piperazine rings is 1. The standard InChI is InChI=1S/C24H29Cl2FN4O/c1-16(19-7-5-17(25)14-20(19)26)29-23-15-18(6-8-21(23)27)30-10-12-31(13-11-30)24(32)22-4-2-3-9-28-22/h5-8,14-16,22,28-29H,2-4,9-13H2,1H3. The Bertz CT molecular complexity index is 959. The molecule has 2 aromatic carbocycles. The van der Waals surface area contributed by atoms with Gasteiger partial charge in [-0.05, 0) is 62.2 Å². The molecule has 2 aliphatic rings. The Morgan fingerprint density at radius 1 is 1.12 bits per heavy atom. The van der Waals surface area contributed by atoms with Crippen LogP contribution < -0.4 is 15.5 Å². The molecule has 2 heterocycles. The average molecular weight is 479 g/mol. The fourth-order valence-corrected chi connectivity index (χ4v) is 5.02. The molecule has 0 aromatic heterocycles. The van der Waals surface area contributed by atoms with Gasteiger partial charge in [-0.15, -0.1) is 0 Å². The molecule has 8 heteroatoms. The molecule has 172 valence electrons. The first-order valence-electron chi connectivity index (χ1n) is 11.2. The number of hydrogen-bond donors (Lipinski definition) is 2. The fraction of sp³-hybridized carbons (Fsp3) is 0.458. The van der Waals surface area contributed by atoms with Crippen LogP contribution in [0.4, 0.5) is 15.8 Å². The predicted octanol–water partition coefficient (Wildman–Crippen LogP) is 5.10. The zero-order valence-corrected chi connectivity index (χ0v) is 19.7. The maximum absolute atomic E-state index is 14.6. The molecule has 0 aliphatic carbocycles. The van der Waals surface area contributed by atoms with Crippen LogP contribution in [0, 0.1) is 5.82 Å². The molecule has 0 saturated carbocycles. The first-order chi connectivity index (χ1) is 15.4. The van der Waals surface area contributed by atoms with E-state index in [9.17, 15) is 9.18 Å². The Balaban J connectivity index is 1.40. The van der Waals surface area contributed by atoms with E-state index in [2.05, 4.69) is 15.5 Å². The number of nitrogens with zero attached hydrogens (tertiary/aromatic N) is 2. The second-order valence-electron chi connectivity index (χ2n) is 8.51. The summed E-state index contributed by atoms with van der Waals surface area (Å²) in [5.74, 6) is -0.109. The summed E-state index contributed by atoms with van der Waals surface area (Å²) in [6.07, 6.45) is 3.16. The molecule has 0 radical (unpaired) electrons. The molecule has 2 fully saturated rings. The minimum Gasteiger partial charge on any atom is -0.376 e. The highest BCUT2D eigenvalue weighted by molar-refractivity contribution is 6.35. The van der Waals surface area contributed by atoms with E-state index in [4.69, 9.17) is 23.2 Å². The summed E-state index contributed by atoms with van der Waals surface area (Å²) in [5.41, 5.74) is 2.21. The minimum atomic E-state index is -0.317. The summed E-state index contributed by atoms with van der Waals surface area (Å²) in [6.45, 7) is 5.65. The number of carbonyl (C=O) groups is 1. The SMILES string of the molecule is CC(Nc1cc(N2CCN(C(=O)C3CCCCN3)CC2)ccc1F)c1ccc(Cl)cc1Cl. The Hall–Kier alpha value is -2.02. The Labute approximate surface area is 198 Å². The second-order valence-corrected chi connectivity index (χ2v) is 9.35. The lowest BCUT2D eigenvalue weighted by Crippen LogP contribution is -2.55. The van der Waals surface area contributed by atoms with Crippen LogP contribution in [0.25, 0.3) is 0 Å². The normalized spacial score (nSPS) is 20.2. The Morgan fingerprint density at radius 3 is 2.59 bits per heavy atom. The molecular formula is C24H29Cl2FN4O. The van der Waals surface area contributed by atoms with Crippen LogP contribution in [0.5, 0.6) is 0 Å². The van der Waals surface area contributed by atoms with E-state index < -0.39 is 0 Å². The smallest absolute Gasteiger partial charge is 0.239 e. The minimum absolute atomic E-state index is 0.0434.